The Bertz CT molecular complexity index is 887. The average Bonchev–Trinajstić information content (AvgIpc) is 2.56. The van der Waals surface area contributed by atoms with Gasteiger partial charge in [-0.15, -0.1) is 5.10 Å². The van der Waals surface area contributed by atoms with Gasteiger partial charge in [0.2, 0.25) is 0 Å². The van der Waals surface area contributed by atoms with E-state index in [1.807, 2.05) is 26.0 Å². The molecule has 0 aliphatic carbocycles. The number of hydrogen-bond donors (Lipinski definition) is 0. The summed E-state index contributed by atoms with van der Waals surface area (Å²) < 4.78 is 27.3. The van der Waals surface area contributed by atoms with Crippen LogP contribution in [0.5, 0.6) is 5.75 Å². The van der Waals surface area contributed by atoms with Crippen molar-refractivity contribution in [1.29, 1.82) is 0 Å². The summed E-state index contributed by atoms with van der Waals surface area (Å²) in [6, 6.07) is 13.9. The van der Waals surface area contributed by atoms with Gasteiger partial charge in [-0.05, 0) is 49.7 Å². The molecule has 0 aliphatic heterocycles. The Morgan fingerprint density at radius 1 is 1.00 bits per heavy atom. The molecule has 0 aliphatic rings. The molecule has 0 spiro atoms. The van der Waals surface area contributed by atoms with E-state index in [1.54, 1.807) is 36.4 Å². The van der Waals surface area contributed by atoms with Crippen molar-refractivity contribution in [2.45, 2.75) is 20.3 Å². The Hall–Kier alpha value is -2.18. The molecule has 0 atom stereocenters. The van der Waals surface area contributed by atoms with Gasteiger partial charge in [0.1, 0.15) is 11.5 Å². The second-order valence-electron chi connectivity index (χ2n) is 5.46. The number of nitrogens with zero attached hydrogens (tertiary/aromatic N) is 2. The average molecular weight is 379 g/mol. The van der Waals surface area contributed by atoms with Crippen LogP contribution < -0.4 is 4.18 Å². The Kier molecular flexibility index (Phi) is 6.33. The Balaban J connectivity index is 2.43. The molecule has 0 saturated carbocycles. The molecule has 25 heavy (non-hydrogen) atoms. The topological polar surface area (TPSA) is 68.1 Å². The number of rotatable bonds is 6. The van der Waals surface area contributed by atoms with Crippen LogP contribution in [-0.4, -0.2) is 26.1 Å². The van der Waals surface area contributed by atoms with Crippen LogP contribution in [0, 0.1) is 0 Å². The lowest BCUT2D eigenvalue weighted by molar-refractivity contribution is 0.493. The van der Waals surface area contributed by atoms with Gasteiger partial charge in [-0.3, -0.25) is 0 Å². The third-order valence-electron chi connectivity index (χ3n) is 3.33. The number of halogens is 1. The number of hydrogen-bond acceptors (Lipinski definition) is 5. The van der Waals surface area contributed by atoms with Crippen LogP contribution in [-0.2, 0) is 10.1 Å². The molecule has 0 amide bonds. The quantitative estimate of drug-likeness (QED) is 0.427. The first-order valence-corrected chi connectivity index (χ1v) is 9.85. The largest absolute Gasteiger partial charge is 0.383 e. The molecular weight excluding hydrogens is 360 g/mol. The minimum Gasteiger partial charge on any atom is -0.383 e. The third-order valence-corrected chi connectivity index (χ3v) is 4.07. The second-order valence-corrected chi connectivity index (χ2v) is 7.47. The van der Waals surface area contributed by atoms with E-state index in [4.69, 9.17) is 15.8 Å². The molecule has 132 valence electrons. The van der Waals surface area contributed by atoms with Crippen LogP contribution in [0.4, 0.5) is 0 Å². The van der Waals surface area contributed by atoms with Crippen molar-refractivity contribution in [3.05, 3.63) is 64.7 Å². The molecule has 7 heteroatoms. The van der Waals surface area contributed by atoms with Crippen LogP contribution in [0.1, 0.15) is 31.4 Å². The Morgan fingerprint density at radius 2 is 1.52 bits per heavy atom. The summed E-state index contributed by atoms with van der Waals surface area (Å²) in [5.74, 6) is 0.245. The zero-order valence-electron chi connectivity index (χ0n) is 14.2. The molecule has 0 saturated heterocycles. The summed E-state index contributed by atoms with van der Waals surface area (Å²) in [5, 5.41) is 9.25. The SMILES string of the molecule is CC/C(C)=N/N=C(/c1ccc(Cl)cc1)c1ccc(OS(C)(=O)=O)cc1. The molecule has 0 fully saturated rings. The molecule has 0 heterocycles. The van der Waals surface area contributed by atoms with Crippen LogP contribution >= 0.6 is 11.6 Å². The van der Waals surface area contributed by atoms with Crippen LogP contribution in [0.25, 0.3) is 0 Å². The highest BCUT2D eigenvalue weighted by Gasteiger charge is 2.10. The van der Waals surface area contributed by atoms with Crippen molar-refractivity contribution in [1.82, 2.24) is 0 Å². The second kappa shape index (κ2) is 8.27. The van der Waals surface area contributed by atoms with E-state index in [2.05, 4.69) is 10.2 Å². The molecule has 2 rings (SSSR count). The Labute approximate surface area is 153 Å². The van der Waals surface area contributed by atoms with Crippen molar-refractivity contribution < 1.29 is 12.6 Å². The lowest BCUT2D eigenvalue weighted by Crippen LogP contribution is -2.07. The zero-order valence-corrected chi connectivity index (χ0v) is 15.8. The molecule has 0 radical (unpaired) electrons. The van der Waals surface area contributed by atoms with E-state index in [0.29, 0.717) is 10.7 Å². The highest BCUT2D eigenvalue weighted by Crippen LogP contribution is 2.19. The van der Waals surface area contributed by atoms with E-state index in [0.717, 1.165) is 29.5 Å². The van der Waals surface area contributed by atoms with E-state index in [9.17, 15) is 8.42 Å². The van der Waals surface area contributed by atoms with Crippen molar-refractivity contribution in [2.24, 2.45) is 10.2 Å². The van der Waals surface area contributed by atoms with Crippen LogP contribution in [0.2, 0.25) is 5.02 Å². The maximum Gasteiger partial charge on any atom is 0.306 e. The van der Waals surface area contributed by atoms with Gasteiger partial charge in [-0.2, -0.15) is 13.5 Å². The summed E-state index contributed by atoms with van der Waals surface area (Å²) in [6.07, 6.45) is 1.81. The zero-order chi connectivity index (χ0) is 18.4. The maximum atomic E-state index is 11.2. The summed E-state index contributed by atoms with van der Waals surface area (Å²) in [5.41, 5.74) is 3.21. The monoisotopic (exact) mass is 378 g/mol. The Morgan fingerprint density at radius 3 is 2.00 bits per heavy atom. The molecular formula is C18H19ClN2O3S. The lowest BCUT2D eigenvalue weighted by Gasteiger charge is -2.08. The van der Waals surface area contributed by atoms with E-state index in [1.165, 1.54) is 0 Å². The molecule has 0 aromatic heterocycles. The van der Waals surface area contributed by atoms with Gasteiger partial charge < -0.3 is 4.18 Å². The molecule has 5 nitrogen and oxygen atoms in total. The third kappa shape index (κ3) is 5.99. The van der Waals surface area contributed by atoms with Gasteiger partial charge in [0.15, 0.2) is 0 Å². The lowest BCUT2D eigenvalue weighted by atomic mass is 10.0. The smallest absolute Gasteiger partial charge is 0.306 e. The fraction of sp³-hybridized carbons (Fsp3) is 0.222. The van der Waals surface area contributed by atoms with Gasteiger partial charge >= 0.3 is 10.1 Å². The van der Waals surface area contributed by atoms with Crippen molar-refractivity contribution in [2.75, 3.05) is 6.26 Å². The first kappa shape index (κ1) is 19.1. The van der Waals surface area contributed by atoms with E-state index < -0.39 is 10.1 Å². The summed E-state index contributed by atoms with van der Waals surface area (Å²) in [4.78, 5) is 0. The normalized spacial score (nSPS) is 13.0. The predicted octanol–water partition coefficient (Wildman–Crippen LogP) is 4.30. The van der Waals surface area contributed by atoms with Gasteiger partial charge in [0.05, 0.1) is 6.26 Å². The molecule has 0 bridgehead atoms. The highest BCUT2D eigenvalue weighted by atomic mass is 35.5. The fourth-order valence-corrected chi connectivity index (χ4v) is 2.53. The fourth-order valence-electron chi connectivity index (χ4n) is 1.94. The van der Waals surface area contributed by atoms with Gasteiger partial charge in [-0.25, -0.2) is 0 Å². The first-order chi connectivity index (χ1) is 11.8. The minimum absolute atomic E-state index is 0.245. The molecule has 0 unspecified atom stereocenters. The van der Waals surface area contributed by atoms with Crippen molar-refractivity contribution in [3.8, 4) is 5.75 Å². The minimum atomic E-state index is -3.56. The summed E-state index contributed by atoms with van der Waals surface area (Å²) in [6.45, 7) is 3.92. The molecule has 0 N–H and O–H groups in total. The van der Waals surface area contributed by atoms with Crippen molar-refractivity contribution in [3.63, 3.8) is 0 Å². The van der Waals surface area contributed by atoms with Gasteiger partial charge in [-0.1, -0.05) is 30.7 Å². The first-order valence-electron chi connectivity index (χ1n) is 7.65. The standard InChI is InChI=1S/C18H19ClN2O3S/c1-4-13(2)20-21-18(14-5-9-16(19)10-6-14)15-7-11-17(12-8-15)24-25(3,22)23/h5-12H,4H2,1-3H3/b20-13+,21-18-. The van der Waals surface area contributed by atoms with E-state index >= 15 is 0 Å². The molecule has 2 aromatic rings. The van der Waals surface area contributed by atoms with E-state index in [-0.39, 0.29) is 5.75 Å². The maximum absolute atomic E-state index is 11.2. The van der Waals surface area contributed by atoms with Crippen molar-refractivity contribution >= 4 is 33.1 Å². The summed E-state index contributed by atoms with van der Waals surface area (Å²) in [7, 11) is -3.56. The highest BCUT2D eigenvalue weighted by molar-refractivity contribution is 7.86. The molecule has 2 aromatic carbocycles. The number of benzene rings is 2. The van der Waals surface area contributed by atoms with Gasteiger partial charge in [0.25, 0.3) is 0 Å². The van der Waals surface area contributed by atoms with Crippen LogP contribution in [0.3, 0.4) is 0 Å². The van der Waals surface area contributed by atoms with Gasteiger partial charge in [0, 0.05) is 21.9 Å². The van der Waals surface area contributed by atoms with Crippen LogP contribution in [0.15, 0.2) is 58.7 Å². The summed E-state index contributed by atoms with van der Waals surface area (Å²) >= 11 is 5.95. The predicted molar refractivity (Wildman–Crippen MR) is 102 cm³/mol.